The molecule has 0 aliphatic rings. The van der Waals surface area contributed by atoms with E-state index in [-0.39, 0.29) is 0 Å². The lowest BCUT2D eigenvalue weighted by Crippen LogP contribution is -1.34. The van der Waals surface area contributed by atoms with Gasteiger partial charge in [-0.3, -0.25) is 0 Å². The first kappa shape index (κ1) is 3.60. The van der Waals surface area contributed by atoms with Crippen LogP contribution in [0.25, 0.3) is 0 Å². The van der Waals surface area contributed by atoms with Gasteiger partial charge in [0.25, 0.3) is 6.08 Å². The van der Waals surface area contributed by atoms with Gasteiger partial charge >= 0.3 is 0 Å². The smallest absolute Gasteiger partial charge is 0.173 e. The predicted molar refractivity (Wildman–Crippen MR) is 10.0 cm³/mol. The molecule has 4 heavy (non-hydrogen) atoms. The van der Waals surface area contributed by atoms with Crippen LogP contribution in [-0.4, -0.2) is 0 Å². The van der Waals surface area contributed by atoms with Crippen molar-refractivity contribution in [2.45, 2.75) is 0 Å². The lowest BCUT2D eigenvalue weighted by atomic mass is 11.2. The minimum atomic E-state index is -2.08. The van der Waals surface area contributed by atoms with Crippen LogP contribution in [0, 0.1) is 6.58 Å². The quantitative estimate of drug-likeness (QED) is 0.396. The van der Waals surface area contributed by atoms with Gasteiger partial charge in [0.2, 0.25) is 0 Å². The SMILES string of the molecule is [CH]=C(F)F. The lowest BCUT2D eigenvalue weighted by molar-refractivity contribution is 0.423. The summed E-state index contributed by atoms with van der Waals surface area (Å²) in [5, 5.41) is 0. The Morgan fingerprint density at radius 1 is 1.50 bits per heavy atom. The van der Waals surface area contributed by atoms with Crippen LogP contribution in [0.5, 0.6) is 0 Å². The molecule has 0 amide bonds. The van der Waals surface area contributed by atoms with Gasteiger partial charge in [-0.25, -0.2) is 0 Å². The molecule has 0 aliphatic heterocycles. The van der Waals surface area contributed by atoms with Crippen LogP contribution in [-0.2, 0) is 0 Å². The van der Waals surface area contributed by atoms with E-state index in [9.17, 15) is 8.78 Å². The third-order valence-corrected chi connectivity index (χ3v) is 0. The molecule has 0 nitrogen and oxygen atoms in total. The van der Waals surface area contributed by atoms with Crippen molar-refractivity contribution in [1.82, 2.24) is 0 Å². The molecule has 0 rings (SSSR count). The largest absolute Gasteiger partial charge is 0.270 e. The van der Waals surface area contributed by atoms with Gasteiger partial charge in [0.1, 0.15) is 0 Å². The van der Waals surface area contributed by atoms with E-state index in [4.69, 9.17) is 0 Å². The Kier molecular flexibility index (Phi) is 0.886. The Labute approximate surface area is 22.7 Å². The fourth-order valence-corrected chi connectivity index (χ4v) is 0. The summed E-state index contributed by atoms with van der Waals surface area (Å²) in [5.74, 6) is 0. The van der Waals surface area contributed by atoms with Crippen molar-refractivity contribution >= 4 is 0 Å². The minimum absolute atomic E-state index is 2.08. The summed E-state index contributed by atoms with van der Waals surface area (Å²) in [6.45, 7) is 3.69. The van der Waals surface area contributed by atoms with Gasteiger partial charge in [-0.15, -0.1) is 0 Å². The van der Waals surface area contributed by atoms with Gasteiger partial charge < -0.3 is 0 Å². The zero-order valence-corrected chi connectivity index (χ0v) is 1.83. The topological polar surface area (TPSA) is 0 Å². The number of hydrogen-bond donors (Lipinski definition) is 0. The number of halogens is 2. The molecule has 23 valence electrons. The molecule has 0 N–H and O–H groups in total. The van der Waals surface area contributed by atoms with Crippen LogP contribution >= 0.6 is 0 Å². The third kappa shape index (κ3) is 3.60. The average Bonchev–Trinajstić information content (AvgIpc) is 0.811. The van der Waals surface area contributed by atoms with Crippen molar-refractivity contribution in [3.8, 4) is 0 Å². The van der Waals surface area contributed by atoms with Gasteiger partial charge in [-0.2, -0.15) is 8.78 Å². The Bertz CT molecular complexity index is 27.0. The first-order valence-corrected chi connectivity index (χ1v) is 0.667. The molecule has 0 atom stereocenters. The highest BCUT2D eigenvalue weighted by atomic mass is 19.3. The summed E-state index contributed by atoms with van der Waals surface area (Å²) in [4.78, 5) is 0. The molecule has 0 saturated heterocycles. The van der Waals surface area contributed by atoms with E-state index in [0.29, 0.717) is 0 Å². The van der Waals surface area contributed by atoms with Crippen molar-refractivity contribution in [2.75, 3.05) is 0 Å². The van der Waals surface area contributed by atoms with Gasteiger partial charge in [0.05, 0.1) is 0 Å². The van der Waals surface area contributed by atoms with Crippen LogP contribution < -0.4 is 0 Å². The summed E-state index contributed by atoms with van der Waals surface area (Å²) >= 11 is 0. The molecule has 0 heterocycles. The number of hydrogen-bond acceptors (Lipinski definition) is 0. The monoisotopic (exact) mass is 63.0 g/mol. The summed E-state index contributed by atoms with van der Waals surface area (Å²) in [7, 11) is 0. The molecule has 0 fully saturated rings. The van der Waals surface area contributed by atoms with E-state index in [1.807, 2.05) is 0 Å². The molecule has 0 bridgehead atoms. The Hall–Kier alpha value is -0.400. The fraction of sp³-hybridized carbons (Fsp3) is 0. The second-order valence-electron chi connectivity index (χ2n) is 0.290. The molecule has 0 aromatic rings. The van der Waals surface area contributed by atoms with E-state index in [1.54, 1.807) is 0 Å². The van der Waals surface area contributed by atoms with E-state index in [2.05, 4.69) is 6.58 Å². The highest BCUT2D eigenvalue weighted by Crippen LogP contribution is 1.84. The van der Waals surface area contributed by atoms with Crippen molar-refractivity contribution < 1.29 is 8.78 Å². The van der Waals surface area contributed by atoms with Crippen LogP contribution in [0.3, 0.4) is 0 Å². The molecule has 0 unspecified atom stereocenters. The van der Waals surface area contributed by atoms with Gasteiger partial charge in [-0.1, -0.05) is 0 Å². The standard InChI is InChI=1S/C2HF2/c1-2(3)4/h1H. The molecule has 2 heteroatoms. The molecule has 0 aliphatic carbocycles. The predicted octanol–water partition coefficient (Wildman–Crippen LogP) is 1.20. The summed E-state index contributed by atoms with van der Waals surface area (Å²) < 4.78 is 20.1. The van der Waals surface area contributed by atoms with E-state index >= 15 is 0 Å². The maximum Gasteiger partial charge on any atom is 0.270 e. The Balaban J connectivity index is 2.80. The zero-order valence-electron chi connectivity index (χ0n) is 1.83. The highest BCUT2D eigenvalue weighted by molar-refractivity contribution is 4.50. The first-order valence-electron chi connectivity index (χ1n) is 0.667. The van der Waals surface area contributed by atoms with Gasteiger partial charge in [0, 0.05) is 6.58 Å². The molecular weight excluding hydrogens is 62.0 g/mol. The molecule has 0 spiro atoms. The van der Waals surface area contributed by atoms with Gasteiger partial charge in [-0.05, 0) is 0 Å². The summed E-state index contributed by atoms with van der Waals surface area (Å²) in [5.41, 5.74) is 0. The molecule has 0 aromatic heterocycles. The van der Waals surface area contributed by atoms with E-state index < -0.39 is 6.08 Å². The van der Waals surface area contributed by atoms with Crippen LogP contribution in [0.1, 0.15) is 0 Å². The first-order chi connectivity index (χ1) is 1.73. The van der Waals surface area contributed by atoms with Gasteiger partial charge in [0.15, 0.2) is 0 Å². The van der Waals surface area contributed by atoms with Crippen LogP contribution in [0.2, 0.25) is 0 Å². The second-order valence-corrected chi connectivity index (χ2v) is 0.290. The Morgan fingerprint density at radius 2 is 1.50 bits per heavy atom. The highest BCUT2D eigenvalue weighted by Gasteiger charge is 1.66. The summed E-state index contributed by atoms with van der Waals surface area (Å²) in [6.07, 6.45) is -2.08. The lowest BCUT2D eigenvalue weighted by Gasteiger charge is -1.53. The van der Waals surface area contributed by atoms with Crippen molar-refractivity contribution in [3.63, 3.8) is 0 Å². The summed E-state index contributed by atoms with van der Waals surface area (Å²) in [6, 6.07) is 0. The minimum Gasteiger partial charge on any atom is -0.173 e. The average molecular weight is 63.0 g/mol. The normalized spacial score (nSPS) is 6.50. The van der Waals surface area contributed by atoms with Crippen LogP contribution in [0.15, 0.2) is 6.08 Å². The molecular formula is C2HF2. The van der Waals surface area contributed by atoms with E-state index in [1.165, 1.54) is 0 Å². The third-order valence-electron chi connectivity index (χ3n) is 0. The maximum atomic E-state index is 10.0. The second kappa shape index (κ2) is 0.985. The maximum absolute atomic E-state index is 10.0. The van der Waals surface area contributed by atoms with Crippen molar-refractivity contribution in [2.24, 2.45) is 0 Å². The van der Waals surface area contributed by atoms with E-state index in [0.717, 1.165) is 0 Å². The number of rotatable bonds is 0. The van der Waals surface area contributed by atoms with Crippen molar-refractivity contribution in [3.05, 3.63) is 12.7 Å². The molecule has 0 aromatic carbocycles. The fourth-order valence-electron chi connectivity index (χ4n) is 0. The zero-order chi connectivity index (χ0) is 3.58. The molecule has 0 saturated carbocycles. The van der Waals surface area contributed by atoms with Crippen LogP contribution in [0.4, 0.5) is 8.78 Å². The molecule has 1 radical (unpaired) electrons. The van der Waals surface area contributed by atoms with Crippen molar-refractivity contribution in [1.29, 1.82) is 0 Å². The Morgan fingerprint density at radius 3 is 1.50 bits per heavy atom.